The molecule has 0 amide bonds. The lowest BCUT2D eigenvalue weighted by molar-refractivity contribution is 0.622. The highest BCUT2D eigenvalue weighted by Gasteiger charge is 2.04. The van der Waals surface area contributed by atoms with Gasteiger partial charge < -0.3 is 4.57 Å². The molecule has 0 radical (unpaired) electrons. The molecule has 68 valence electrons. The number of pyridine rings is 1. The van der Waals surface area contributed by atoms with E-state index < -0.39 is 0 Å². The topological polar surface area (TPSA) is 17.8 Å². The third kappa shape index (κ3) is 1.32. The molecule has 2 aromatic rings. The predicted molar refractivity (Wildman–Crippen MR) is 54.9 cm³/mol. The van der Waals surface area contributed by atoms with E-state index in [2.05, 4.69) is 48.7 Å². The first-order chi connectivity index (χ1) is 6.18. The van der Waals surface area contributed by atoms with E-state index >= 15 is 0 Å². The number of hydrogen-bond donors (Lipinski definition) is 0. The monoisotopic (exact) mass is 174 g/mol. The van der Waals surface area contributed by atoms with Crippen LogP contribution >= 0.6 is 0 Å². The third-order valence-corrected chi connectivity index (χ3v) is 2.26. The quantitative estimate of drug-likeness (QED) is 0.650. The van der Waals surface area contributed by atoms with Gasteiger partial charge in [-0.2, -0.15) is 0 Å². The average molecular weight is 174 g/mol. The van der Waals surface area contributed by atoms with Crippen molar-refractivity contribution in [2.24, 2.45) is 0 Å². The van der Waals surface area contributed by atoms with Crippen molar-refractivity contribution in [1.29, 1.82) is 0 Å². The van der Waals surface area contributed by atoms with Crippen molar-refractivity contribution in [3.05, 3.63) is 30.1 Å². The van der Waals surface area contributed by atoms with Gasteiger partial charge in [0.1, 0.15) is 0 Å². The Morgan fingerprint density at radius 3 is 2.85 bits per heavy atom. The van der Waals surface area contributed by atoms with Gasteiger partial charge in [0.25, 0.3) is 0 Å². The van der Waals surface area contributed by atoms with Crippen molar-refractivity contribution in [2.45, 2.75) is 26.8 Å². The van der Waals surface area contributed by atoms with Crippen LogP contribution in [0.1, 0.15) is 25.5 Å². The van der Waals surface area contributed by atoms with E-state index in [9.17, 15) is 0 Å². The van der Waals surface area contributed by atoms with Gasteiger partial charge in [0, 0.05) is 18.4 Å². The summed E-state index contributed by atoms with van der Waals surface area (Å²) in [6.07, 6.45) is 4.01. The first-order valence-corrected chi connectivity index (χ1v) is 4.61. The van der Waals surface area contributed by atoms with Crippen molar-refractivity contribution in [2.75, 3.05) is 0 Å². The molecule has 0 bridgehead atoms. The fourth-order valence-electron chi connectivity index (χ4n) is 1.58. The second-order valence-corrected chi connectivity index (χ2v) is 3.73. The molecule has 2 heteroatoms. The van der Waals surface area contributed by atoms with Gasteiger partial charge in [0.2, 0.25) is 0 Å². The van der Waals surface area contributed by atoms with E-state index in [1.54, 1.807) is 0 Å². The average Bonchev–Trinajstić information content (AvgIpc) is 2.46. The van der Waals surface area contributed by atoms with Gasteiger partial charge >= 0.3 is 0 Å². The molecule has 2 heterocycles. The SMILES string of the molecule is Cc1cnc2ccn(C(C)C)c2c1. The summed E-state index contributed by atoms with van der Waals surface area (Å²) in [5, 5.41) is 0. The highest BCUT2D eigenvalue weighted by atomic mass is 15.0. The highest BCUT2D eigenvalue weighted by molar-refractivity contribution is 5.76. The van der Waals surface area contributed by atoms with E-state index in [4.69, 9.17) is 0 Å². The number of aryl methyl sites for hydroxylation is 1. The summed E-state index contributed by atoms with van der Waals surface area (Å²) in [5.41, 5.74) is 3.53. The van der Waals surface area contributed by atoms with E-state index in [0.717, 1.165) is 5.52 Å². The molecule has 0 N–H and O–H groups in total. The summed E-state index contributed by atoms with van der Waals surface area (Å²) in [6.45, 7) is 6.44. The van der Waals surface area contributed by atoms with Crippen LogP contribution in [-0.4, -0.2) is 9.55 Å². The summed E-state index contributed by atoms with van der Waals surface area (Å²) in [6, 6.07) is 4.75. The van der Waals surface area contributed by atoms with Gasteiger partial charge in [0.05, 0.1) is 11.0 Å². The molecule has 0 spiro atoms. The minimum absolute atomic E-state index is 0.501. The van der Waals surface area contributed by atoms with Gasteiger partial charge in [-0.05, 0) is 38.5 Å². The highest BCUT2D eigenvalue weighted by Crippen LogP contribution is 2.18. The summed E-state index contributed by atoms with van der Waals surface area (Å²) < 4.78 is 2.25. The van der Waals surface area contributed by atoms with Crippen molar-refractivity contribution in [1.82, 2.24) is 9.55 Å². The van der Waals surface area contributed by atoms with Crippen LogP contribution < -0.4 is 0 Å². The molecule has 2 aromatic heterocycles. The Balaban J connectivity index is 2.71. The molecule has 0 saturated carbocycles. The molecule has 0 aliphatic heterocycles. The Labute approximate surface area is 78.2 Å². The van der Waals surface area contributed by atoms with E-state index in [-0.39, 0.29) is 0 Å². The predicted octanol–water partition coefficient (Wildman–Crippen LogP) is 2.93. The van der Waals surface area contributed by atoms with E-state index in [0.29, 0.717) is 6.04 Å². The molecular formula is C11H14N2. The van der Waals surface area contributed by atoms with Gasteiger partial charge in [0.15, 0.2) is 0 Å². The van der Waals surface area contributed by atoms with Crippen molar-refractivity contribution < 1.29 is 0 Å². The fraction of sp³-hybridized carbons (Fsp3) is 0.364. The lowest BCUT2D eigenvalue weighted by Crippen LogP contribution is -1.98. The van der Waals surface area contributed by atoms with Crippen LogP contribution in [0.5, 0.6) is 0 Å². The second-order valence-electron chi connectivity index (χ2n) is 3.73. The normalized spacial score (nSPS) is 11.4. The van der Waals surface area contributed by atoms with Gasteiger partial charge in [-0.15, -0.1) is 0 Å². The standard InChI is InChI=1S/C11H14N2/c1-8(2)13-5-4-10-11(13)6-9(3)7-12-10/h4-8H,1-3H3. The van der Waals surface area contributed by atoms with Crippen molar-refractivity contribution in [3.8, 4) is 0 Å². The van der Waals surface area contributed by atoms with Gasteiger partial charge in [-0.1, -0.05) is 0 Å². The number of hydrogen-bond acceptors (Lipinski definition) is 1. The molecule has 0 atom stereocenters. The third-order valence-electron chi connectivity index (χ3n) is 2.26. The molecule has 0 saturated heterocycles. The first kappa shape index (κ1) is 8.30. The maximum absolute atomic E-state index is 4.36. The van der Waals surface area contributed by atoms with Gasteiger partial charge in [-0.3, -0.25) is 4.98 Å². The largest absolute Gasteiger partial charge is 0.344 e. The minimum atomic E-state index is 0.501. The van der Waals surface area contributed by atoms with Crippen LogP contribution in [0.3, 0.4) is 0 Å². The minimum Gasteiger partial charge on any atom is -0.344 e. The number of aromatic nitrogens is 2. The molecule has 0 aromatic carbocycles. The van der Waals surface area contributed by atoms with Crippen LogP contribution in [0.4, 0.5) is 0 Å². The zero-order valence-electron chi connectivity index (χ0n) is 8.28. The number of fused-ring (bicyclic) bond motifs is 1. The first-order valence-electron chi connectivity index (χ1n) is 4.61. The summed E-state index contributed by atoms with van der Waals surface area (Å²) >= 11 is 0. The number of nitrogens with zero attached hydrogens (tertiary/aromatic N) is 2. The fourth-order valence-corrected chi connectivity index (χ4v) is 1.58. The van der Waals surface area contributed by atoms with Crippen LogP contribution in [0.15, 0.2) is 24.5 Å². The number of rotatable bonds is 1. The zero-order valence-corrected chi connectivity index (χ0v) is 8.28. The van der Waals surface area contributed by atoms with Crippen molar-refractivity contribution in [3.63, 3.8) is 0 Å². The lowest BCUT2D eigenvalue weighted by atomic mass is 10.3. The smallest absolute Gasteiger partial charge is 0.0881 e. The Bertz CT molecular complexity index is 427. The molecule has 0 aliphatic rings. The van der Waals surface area contributed by atoms with Crippen LogP contribution in [-0.2, 0) is 0 Å². The Morgan fingerprint density at radius 2 is 2.15 bits per heavy atom. The molecular weight excluding hydrogens is 160 g/mol. The Morgan fingerprint density at radius 1 is 1.38 bits per heavy atom. The van der Waals surface area contributed by atoms with E-state index in [1.165, 1.54) is 11.1 Å². The zero-order chi connectivity index (χ0) is 9.42. The maximum atomic E-state index is 4.36. The van der Waals surface area contributed by atoms with Crippen LogP contribution in [0.25, 0.3) is 11.0 Å². The molecule has 2 rings (SSSR count). The molecule has 0 fully saturated rings. The Kier molecular flexibility index (Phi) is 1.83. The van der Waals surface area contributed by atoms with Crippen LogP contribution in [0.2, 0.25) is 0 Å². The van der Waals surface area contributed by atoms with Crippen LogP contribution in [0, 0.1) is 6.92 Å². The molecule has 0 aliphatic carbocycles. The summed E-state index contributed by atoms with van der Waals surface area (Å²) in [5.74, 6) is 0. The van der Waals surface area contributed by atoms with Gasteiger partial charge in [-0.25, -0.2) is 0 Å². The maximum Gasteiger partial charge on any atom is 0.0881 e. The Hall–Kier alpha value is -1.31. The molecule has 0 unspecified atom stereocenters. The lowest BCUT2D eigenvalue weighted by Gasteiger charge is -2.08. The summed E-state index contributed by atoms with van der Waals surface area (Å²) in [7, 11) is 0. The summed E-state index contributed by atoms with van der Waals surface area (Å²) in [4.78, 5) is 4.36. The molecule has 13 heavy (non-hydrogen) atoms. The van der Waals surface area contributed by atoms with E-state index in [1.807, 2.05) is 6.20 Å². The second kappa shape index (κ2) is 2.87. The molecule has 2 nitrogen and oxygen atoms in total. The van der Waals surface area contributed by atoms with Crippen molar-refractivity contribution >= 4 is 11.0 Å².